The van der Waals surface area contributed by atoms with Crippen molar-refractivity contribution in [2.45, 2.75) is 19.0 Å². The van der Waals surface area contributed by atoms with Crippen molar-refractivity contribution in [2.24, 2.45) is 0 Å². The summed E-state index contributed by atoms with van der Waals surface area (Å²) in [4.78, 5) is 6.39. The van der Waals surface area contributed by atoms with E-state index in [1.807, 2.05) is 24.3 Å². The lowest BCUT2D eigenvalue weighted by Gasteiger charge is -2.20. The summed E-state index contributed by atoms with van der Waals surface area (Å²) in [5.41, 5.74) is 0.832. The van der Waals surface area contributed by atoms with Crippen LogP contribution in [-0.4, -0.2) is 30.9 Å². The molecule has 2 aromatic rings. The molecule has 1 unspecified atom stereocenters. The number of halogens is 1. The molecule has 3 nitrogen and oxygen atoms in total. The maximum absolute atomic E-state index is 13.9. The number of hydrogen-bond donors (Lipinski definition) is 0. The maximum atomic E-state index is 13.9. The Balaban J connectivity index is 2.02. The third-order valence-corrected chi connectivity index (χ3v) is 3.69. The fraction of sp³-hybridized carbons (Fsp3) is 0.400. The maximum Gasteiger partial charge on any atom is 0.129 e. The first kappa shape index (κ1) is 12.2. The van der Waals surface area contributed by atoms with E-state index >= 15 is 0 Å². The van der Waals surface area contributed by atoms with E-state index in [-0.39, 0.29) is 0 Å². The zero-order valence-corrected chi connectivity index (χ0v) is 11.2. The van der Waals surface area contributed by atoms with Crippen molar-refractivity contribution in [3.05, 3.63) is 30.5 Å². The molecule has 4 heteroatoms. The molecular formula is C15H17FN2O. The van der Waals surface area contributed by atoms with Gasteiger partial charge in [0.1, 0.15) is 11.4 Å². The normalized spacial score (nSPS) is 23.0. The molecule has 0 aliphatic carbocycles. The summed E-state index contributed by atoms with van der Waals surface area (Å²) in [5.74, 6) is 0.800. The molecular weight excluding hydrogens is 243 g/mol. The molecule has 1 aliphatic rings. The van der Waals surface area contributed by atoms with Crippen LogP contribution in [0.15, 0.2) is 30.5 Å². The summed E-state index contributed by atoms with van der Waals surface area (Å²) < 4.78 is 19.3. The van der Waals surface area contributed by atoms with Crippen molar-refractivity contribution in [3.8, 4) is 5.75 Å². The fourth-order valence-corrected chi connectivity index (χ4v) is 2.63. The van der Waals surface area contributed by atoms with Crippen LogP contribution in [0, 0.1) is 0 Å². The quantitative estimate of drug-likeness (QED) is 0.829. The Morgan fingerprint density at radius 2 is 2.21 bits per heavy atom. The number of ether oxygens (including phenoxy) is 1. The zero-order chi connectivity index (χ0) is 13.5. The SMILES string of the molecule is COc1ccnc2ccc(N3CCC(C)(F)C3)cc12. The van der Waals surface area contributed by atoms with Crippen molar-refractivity contribution in [3.63, 3.8) is 0 Å². The zero-order valence-electron chi connectivity index (χ0n) is 11.2. The first-order valence-corrected chi connectivity index (χ1v) is 6.46. The van der Waals surface area contributed by atoms with Gasteiger partial charge < -0.3 is 9.64 Å². The van der Waals surface area contributed by atoms with E-state index in [0.29, 0.717) is 13.0 Å². The molecule has 1 fully saturated rings. The number of methoxy groups -OCH3 is 1. The Morgan fingerprint density at radius 3 is 2.89 bits per heavy atom. The Labute approximate surface area is 112 Å². The number of alkyl halides is 1. The van der Waals surface area contributed by atoms with E-state index in [2.05, 4.69) is 9.88 Å². The van der Waals surface area contributed by atoms with Gasteiger partial charge in [0.2, 0.25) is 0 Å². The van der Waals surface area contributed by atoms with Gasteiger partial charge in [0.05, 0.1) is 19.2 Å². The smallest absolute Gasteiger partial charge is 0.129 e. The first-order chi connectivity index (χ1) is 9.09. The summed E-state index contributed by atoms with van der Waals surface area (Å²) >= 11 is 0. The second-order valence-corrected chi connectivity index (χ2v) is 5.30. The third-order valence-electron chi connectivity index (χ3n) is 3.69. The number of aromatic nitrogens is 1. The highest BCUT2D eigenvalue weighted by atomic mass is 19.1. The van der Waals surface area contributed by atoms with Crippen molar-refractivity contribution in [1.29, 1.82) is 0 Å². The van der Waals surface area contributed by atoms with E-state index in [0.717, 1.165) is 28.9 Å². The number of anilines is 1. The van der Waals surface area contributed by atoms with E-state index in [9.17, 15) is 4.39 Å². The van der Waals surface area contributed by atoms with Gasteiger partial charge in [-0.1, -0.05) is 0 Å². The van der Waals surface area contributed by atoms with Gasteiger partial charge in [-0.25, -0.2) is 4.39 Å². The summed E-state index contributed by atoms with van der Waals surface area (Å²) in [6, 6.07) is 7.83. The lowest BCUT2D eigenvalue weighted by Crippen LogP contribution is -2.25. The van der Waals surface area contributed by atoms with Gasteiger partial charge in [-0.2, -0.15) is 0 Å². The Kier molecular flexibility index (Phi) is 2.81. The number of hydrogen-bond acceptors (Lipinski definition) is 3. The largest absolute Gasteiger partial charge is 0.496 e. The van der Waals surface area contributed by atoms with E-state index in [4.69, 9.17) is 4.74 Å². The molecule has 19 heavy (non-hydrogen) atoms. The monoisotopic (exact) mass is 260 g/mol. The van der Waals surface area contributed by atoms with E-state index < -0.39 is 5.67 Å². The molecule has 0 radical (unpaired) electrons. The van der Waals surface area contributed by atoms with E-state index in [1.54, 1.807) is 20.2 Å². The predicted octanol–water partition coefficient (Wildman–Crippen LogP) is 3.18. The summed E-state index contributed by atoms with van der Waals surface area (Å²) in [6.45, 7) is 2.86. The van der Waals surface area contributed by atoms with Crippen LogP contribution >= 0.6 is 0 Å². The van der Waals surface area contributed by atoms with Crippen LogP contribution in [-0.2, 0) is 0 Å². The average Bonchev–Trinajstić information content (AvgIpc) is 2.78. The average molecular weight is 260 g/mol. The molecule has 1 aromatic carbocycles. The fourth-order valence-electron chi connectivity index (χ4n) is 2.63. The molecule has 0 spiro atoms. The molecule has 0 amide bonds. The highest BCUT2D eigenvalue weighted by Crippen LogP contribution is 2.33. The Bertz CT molecular complexity index is 612. The minimum absolute atomic E-state index is 0.446. The summed E-state index contributed by atoms with van der Waals surface area (Å²) in [6.07, 6.45) is 2.31. The van der Waals surface area contributed by atoms with Crippen LogP contribution in [0.1, 0.15) is 13.3 Å². The Hall–Kier alpha value is -1.84. The first-order valence-electron chi connectivity index (χ1n) is 6.46. The molecule has 100 valence electrons. The van der Waals surface area contributed by atoms with E-state index in [1.165, 1.54) is 0 Å². The van der Waals surface area contributed by atoms with Crippen molar-refractivity contribution in [1.82, 2.24) is 4.98 Å². The molecule has 1 aromatic heterocycles. The van der Waals surface area contributed by atoms with Gasteiger partial charge in [0, 0.05) is 30.2 Å². The van der Waals surface area contributed by atoms with Crippen LogP contribution < -0.4 is 9.64 Å². The second kappa shape index (κ2) is 4.37. The number of fused-ring (bicyclic) bond motifs is 1. The number of pyridine rings is 1. The van der Waals surface area contributed by atoms with Gasteiger partial charge >= 0.3 is 0 Å². The van der Waals surface area contributed by atoms with Gasteiger partial charge in [0.15, 0.2) is 0 Å². The van der Waals surface area contributed by atoms with Crippen LogP contribution in [0.4, 0.5) is 10.1 Å². The van der Waals surface area contributed by atoms with Gasteiger partial charge in [-0.3, -0.25) is 4.98 Å². The van der Waals surface area contributed by atoms with Crippen molar-refractivity contribution in [2.75, 3.05) is 25.1 Å². The van der Waals surface area contributed by atoms with Gasteiger partial charge in [0.25, 0.3) is 0 Å². The molecule has 1 aliphatic heterocycles. The van der Waals surface area contributed by atoms with Crippen LogP contribution in [0.2, 0.25) is 0 Å². The van der Waals surface area contributed by atoms with Gasteiger partial charge in [-0.05, 0) is 31.2 Å². The van der Waals surface area contributed by atoms with Crippen molar-refractivity contribution >= 4 is 16.6 Å². The van der Waals surface area contributed by atoms with Crippen LogP contribution in [0.5, 0.6) is 5.75 Å². The molecule has 0 bridgehead atoms. The Morgan fingerprint density at radius 1 is 1.37 bits per heavy atom. The summed E-state index contributed by atoms with van der Waals surface area (Å²) in [7, 11) is 1.65. The lowest BCUT2D eigenvalue weighted by atomic mass is 10.1. The van der Waals surface area contributed by atoms with Crippen LogP contribution in [0.25, 0.3) is 10.9 Å². The van der Waals surface area contributed by atoms with Crippen molar-refractivity contribution < 1.29 is 9.13 Å². The standard InChI is InChI=1S/C15H17FN2O/c1-15(16)6-8-18(10-15)11-3-4-13-12(9-11)14(19-2)5-7-17-13/h3-5,7,9H,6,8,10H2,1-2H3. The minimum atomic E-state index is -1.09. The molecule has 0 saturated carbocycles. The van der Waals surface area contributed by atoms with Crippen LogP contribution in [0.3, 0.4) is 0 Å². The second-order valence-electron chi connectivity index (χ2n) is 5.30. The topological polar surface area (TPSA) is 25.4 Å². The highest BCUT2D eigenvalue weighted by molar-refractivity contribution is 5.88. The lowest BCUT2D eigenvalue weighted by molar-refractivity contribution is 0.221. The number of nitrogens with zero attached hydrogens (tertiary/aromatic N) is 2. The molecule has 1 saturated heterocycles. The summed E-state index contributed by atoms with van der Waals surface area (Å²) in [5, 5.41) is 0.968. The van der Waals surface area contributed by atoms with Gasteiger partial charge in [-0.15, -0.1) is 0 Å². The highest BCUT2D eigenvalue weighted by Gasteiger charge is 2.33. The molecule has 0 N–H and O–H groups in total. The predicted molar refractivity (Wildman–Crippen MR) is 74.6 cm³/mol. The molecule has 3 rings (SSSR count). The third kappa shape index (κ3) is 2.23. The number of rotatable bonds is 2. The molecule has 1 atom stereocenters. The minimum Gasteiger partial charge on any atom is -0.496 e. The number of benzene rings is 1. The molecule has 2 heterocycles.